The topological polar surface area (TPSA) is 183 Å². The first kappa shape index (κ1) is 34.9. The van der Waals surface area contributed by atoms with Crippen LogP contribution in [-0.4, -0.2) is 94.6 Å². The van der Waals surface area contributed by atoms with Crippen molar-refractivity contribution < 1.29 is 52.2 Å². The molecule has 0 aromatic rings. The van der Waals surface area contributed by atoms with E-state index in [2.05, 4.69) is 27.7 Å². The van der Waals surface area contributed by atoms with Gasteiger partial charge in [0.1, 0.15) is 18.3 Å². The molecule has 0 aromatic carbocycles. The van der Waals surface area contributed by atoms with E-state index in [9.17, 15) is 38.5 Å². The third-order valence-corrected chi connectivity index (χ3v) is 13.5. The zero-order chi connectivity index (χ0) is 32.2. The Kier molecular flexibility index (Phi) is 10.5. The quantitative estimate of drug-likeness (QED) is 0.151. The molecule has 0 bridgehead atoms. The fourth-order valence-corrected chi connectivity index (χ4v) is 11.3. The molecule has 0 unspecified atom stereocenters. The molecule has 1 heterocycles. The summed E-state index contributed by atoms with van der Waals surface area (Å²) in [6.45, 7) is 8.77. The first-order valence-electron chi connectivity index (χ1n) is 16.9. The zero-order valence-corrected chi connectivity index (χ0v) is 27.5. The Balaban J connectivity index is 1.46. The average Bonchev–Trinajstić information content (AvgIpc) is 3.30. The molecule has 11 nitrogen and oxygen atoms in total. The first-order valence-corrected chi connectivity index (χ1v) is 18.2. The van der Waals surface area contributed by atoms with Crippen molar-refractivity contribution in [1.82, 2.24) is 0 Å². The highest BCUT2D eigenvalue weighted by atomic mass is 32.3. The highest BCUT2D eigenvalue weighted by Gasteiger charge is 2.66. The molecule has 12 heteroatoms. The van der Waals surface area contributed by atoms with Crippen LogP contribution in [0, 0.1) is 52.3 Å². The molecule has 0 radical (unpaired) electrons. The minimum atomic E-state index is -4.61. The van der Waals surface area contributed by atoms with Crippen molar-refractivity contribution in [2.24, 2.45) is 52.3 Å². The second-order valence-electron chi connectivity index (χ2n) is 15.6. The molecule has 5 rings (SSSR count). The van der Waals surface area contributed by atoms with Gasteiger partial charge in [-0.2, -0.15) is 8.42 Å². The summed E-state index contributed by atoms with van der Waals surface area (Å²) in [5.41, 5.74) is -0.720. The average molecular weight is 649 g/mol. The lowest BCUT2D eigenvalue weighted by atomic mass is 9.43. The Morgan fingerprint density at radius 3 is 2.30 bits per heavy atom. The van der Waals surface area contributed by atoms with Crippen molar-refractivity contribution in [1.29, 1.82) is 0 Å². The van der Waals surface area contributed by atoms with E-state index in [4.69, 9.17) is 13.7 Å². The van der Waals surface area contributed by atoms with E-state index in [0.717, 1.165) is 32.1 Å². The second-order valence-corrected chi connectivity index (χ2v) is 16.7. The smallest absolute Gasteiger partial charge is 0.396 e. The molecule has 0 amide bonds. The number of hydrogen-bond acceptors (Lipinski definition) is 10. The predicted molar refractivity (Wildman–Crippen MR) is 160 cm³/mol. The van der Waals surface area contributed by atoms with Crippen LogP contribution in [0.2, 0.25) is 0 Å². The molecular weight excluding hydrogens is 592 g/mol. The summed E-state index contributed by atoms with van der Waals surface area (Å²) in [5.74, 6) is 1.12. The van der Waals surface area contributed by atoms with E-state index >= 15 is 0 Å². The fraction of sp³-hybridized carbons (Fsp3) is 1.00. The van der Waals surface area contributed by atoms with Crippen molar-refractivity contribution >= 4 is 10.4 Å². The van der Waals surface area contributed by atoms with Crippen molar-refractivity contribution in [3.63, 3.8) is 0 Å². The standard InChI is InChI=1S/C32H56O11S/c1-17(2)6-5-7-18(15-33)21-8-9-22-20-13-25(34)24-12-19(43-44(38,39)40)10-11-31(24,3)23(20)14-27(32(21,22)4)42-30-29(37)28(36)26(35)16-41-30/h17-30,33-37H,5-16H2,1-4H3,(H,38,39,40)/t18-,19+,20-,21+,22-,23-,24-,25+,26+,27+,28-,29+,30-,31+,32+/m0/s1. The van der Waals surface area contributed by atoms with Crippen molar-refractivity contribution in [3.05, 3.63) is 0 Å². The van der Waals surface area contributed by atoms with Gasteiger partial charge in [0.2, 0.25) is 0 Å². The maximum Gasteiger partial charge on any atom is 0.397 e. The Morgan fingerprint density at radius 1 is 0.909 bits per heavy atom. The molecule has 0 spiro atoms. The summed E-state index contributed by atoms with van der Waals surface area (Å²) in [5, 5.41) is 53.6. The minimum absolute atomic E-state index is 0.0803. The van der Waals surface area contributed by atoms with Gasteiger partial charge in [0, 0.05) is 12.0 Å². The number of aliphatic hydroxyl groups excluding tert-OH is 5. The lowest BCUT2D eigenvalue weighted by Crippen LogP contribution is -2.63. The van der Waals surface area contributed by atoms with Gasteiger partial charge < -0.3 is 35.0 Å². The number of hydrogen-bond donors (Lipinski definition) is 6. The summed E-state index contributed by atoms with van der Waals surface area (Å²) < 4.78 is 49.7. The van der Waals surface area contributed by atoms with Gasteiger partial charge in [0.15, 0.2) is 6.29 Å². The van der Waals surface area contributed by atoms with Crippen molar-refractivity contribution in [2.75, 3.05) is 13.2 Å². The fourth-order valence-electron chi connectivity index (χ4n) is 10.7. The summed E-state index contributed by atoms with van der Waals surface area (Å²) in [6, 6.07) is 0. The van der Waals surface area contributed by atoms with Gasteiger partial charge in [0.05, 0.1) is 24.9 Å². The monoisotopic (exact) mass is 648 g/mol. The van der Waals surface area contributed by atoms with E-state index in [-0.39, 0.29) is 65.7 Å². The number of fused-ring (bicyclic) bond motifs is 5. The van der Waals surface area contributed by atoms with E-state index in [1.54, 1.807) is 0 Å². The van der Waals surface area contributed by atoms with Gasteiger partial charge in [0.25, 0.3) is 0 Å². The summed E-state index contributed by atoms with van der Waals surface area (Å²) in [6.07, 6.45) is 0.644. The molecule has 256 valence electrons. The van der Waals surface area contributed by atoms with Gasteiger partial charge >= 0.3 is 10.4 Å². The first-order chi connectivity index (χ1) is 20.6. The van der Waals surface area contributed by atoms with Gasteiger partial charge in [-0.3, -0.25) is 4.55 Å². The lowest BCUT2D eigenvalue weighted by molar-refractivity contribution is -0.312. The molecule has 44 heavy (non-hydrogen) atoms. The number of rotatable bonds is 10. The van der Waals surface area contributed by atoms with Crippen LogP contribution in [0.3, 0.4) is 0 Å². The largest absolute Gasteiger partial charge is 0.397 e. The Morgan fingerprint density at radius 2 is 1.64 bits per heavy atom. The summed E-state index contributed by atoms with van der Waals surface area (Å²) in [4.78, 5) is 0. The van der Waals surface area contributed by atoms with Crippen LogP contribution < -0.4 is 0 Å². The van der Waals surface area contributed by atoms with E-state index < -0.39 is 47.2 Å². The van der Waals surface area contributed by atoms with Crippen molar-refractivity contribution in [2.45, 2.75) is 135 Å². The molecule has 4 aliphatic carbocycles. The molecule has 5 fully saturated rings. The van der Waals surface area contributed by atoms with Crippen LogP contribution in [0.1, 0.15) is 91.9 Å². The highest BCUT2D eigenvalue weighted by molar-refractivity contribution is 7.80. The van der Waals surface area contributed by atoms with Crippen LogP contribution in [0.4, 0.5) is 0 Å². The maximum atomic E-state index is 11.6. The van der Waals surface area contributed by atoms with Gasteiger partial charge in [-0.25, -0.2) is 4.18 Å². The highest BCUT2D eigenvalue weighted by Crippen LogP contribution is 2.69. The third kappa shape index (κ3) is 6.51. The zero-order valence-electron chi connectivity index (χ0n) is 26.7. The molecule has 0 aromatic heterocycles. The molecule has 5 aliphatic rings. The Bertz CT molecular complexity index is 1090. The summed E-state index contributed by atoms with van der Waals surface area (Å²) >= 11 is 0. The molecule has 6 N–H and O–H groups in total. The van der Waals surface area contributed by atoms with Crippen LogP contribution in [0.15, 0.2) is 0 Å². The van der Waals surface area contributed by atoms with E-state index in [1.807, 2.05) is 0 Å². The molecule has 1 aliphatic heterocycles. The Labute approximate surface area is 262 Å². The van der Waals surface area contributed by atoms with Gasteiger partial charge in [-0.15, -0.1) is 0 Å². The number of aliphatic hydroxyl groups is 5. The van der Waals surface area contributed by atoms with Crippen LogP contribution in [0.25, 0.3) is 0 Å². The minimum Gasteiger partial charge on any atom is -0.396 e. The molecular formula is C32H56O11S. The van der Waals surface area contributed by atoms with Gasteiger partial charge in [-0.05, 0) is 98.2 Å². The van der Waals surface area contributed by atoms with E-state index in [1.165, 1.54) is 0 Å². The van der Waals surface area contributed by atoms with Crippen LogP contribution >= 0.6 is 0 Å². The normalized spacial score (nSPS) is 48.4. The molecule has 15 atom stereocenters. The maximum absolute atomic E-state index is 11.6. The molecule has 1 saturated heterocycles. The summed E-state index contributed by atoms with van der Waals surface area (Å²) in [7, 11) is -4.61. The van der Waals surface area contributed by atoms with Crippen molar-refractivity contribution in [3.8, 4) is 0 Å². The van der Waals surface area contributed by atoms with Crippen LogP contribution in [0.5, 0.6) is 0 Å². The van der Waals surface area contributed by atoms with E-state index in [0.29, 0.717) is 38.0 Å². The molecule has 4 saturated carbocycles. The third-order valence-electron chi connectivity index (χ3n) is 12.9. The predicted octanol–water partition coefficient (Wildman–Crippen LogP) is 2.67. The Hall–Kier alpha value is -0.410. The number of ether oxygens (including phenoxy) is 2. The van der Waals surface area contributed by atoms with Crippen LogP contribution in [-0.2, 0) is 24.1 Å². The second kappa shape index (κ2) is 13.2. The van der Waals surface area contributed by atoms with Gasteiger partial charge in [-0.1, -0.05) is 40.5 Å². The lowest BCUT2D eigenvalue weighted by Gasteiger charge is -2.64. The SMILES string of the molecule is CC(C)CCC[C@@H](CO)[C@H]1CC[C@H]2[C@@H]3C[C@@H](O)[C@@H]4C[C@H](OS(=O)(=O)O)CC[C@]4(C)[C@H]3C[C@@H](O[C@@H]3OC[C@@H](O)[C@H](O)[C@H]3O)[C@]12C.